The highest BCUT2D eigenvalue weighted by Gasteiger charge is 2.41. The van der Waals surface area contributed by atoms with Gasteiger partial charge in [-0.2, -0.15) is 0 Å². The van der Waals surface area contributed by atoms with E-state index in [2.05, 4.69) is 4.90 Å². The Balaban J connectivity index is 1.79. The molecule has 0 aromatic rings. The predicted octanol–water partition coefficient (Wildman–Crippen LogP) is -0.424. The molecule has 2 fully saturated rings. The van der Waals surface area contributed by atoms with Gasteiger partial charge in [-0.3, -0.25) is 4.90 Å². The SMILES string of the molecule is OC1CCN(C2CC2O)CC1. The lowest BCUT2D eigenvalue weighted by Gasteiger charge is -2.29. The Morgan fingerprint density at radius 1 is 1.09 bits per heavy atom. The Kier molecular flexibility index (Phi) is 1.87. The molecule has 3 heteroatoms. The number of nitrogens with zero attached hydrogens (tertiary/aromatic N) is 1. The maximum atomic E-state index is 9.21. The van der Waals surface area contributed by atoms with Crippen molar-refractivity contribution >= 4 is 0 Å². The van der Waals surface area contributed by atoms with Crippen LogP contribution in [0.25, 0.3) is 0 Å². The maximum absolute atomic E-state index is 9.21. The summed E-state index contributed by atoms with van der Waals surface area (Å²) in [5, 5.41) is 18.3. The fourth-order valence-electron chi connectivity index (χ4n) is 1.78. The van der Waals surface area contributed by atoms with Crippen LogP contribution in [-0.2, 0) is 0 Å². The van der Waals surface area contributed by atoms with Crippen molar-refractivity contribution < 1.29 is 10.2 Å². The zero-order chi connectivity index (χ0) is 7.84. The van der Waals surface area contributed by atoms with E-state index in [-0.39, 0.29) is 12.2 Å². The number of piperidine rings is 1. The van der Waals surface area contributed by atoms with Crippen molar-refractivity contribution in [1.82, 2.24) is 4.90 Å². The van der Waals surface area contributed by atoms with Gasteiger partial charge in [-0.25, -0.2) is 0 Å². The van der Waals surface area contributed by atoms with Crippen LogP contribution in [0.15, 0.2) is 0 Å². The third-order valence-electron chi connectivity index (χ3n) is 2.69. The molecule has 0 aromatic heterocycles. The molecule has 0 bridgehead atoms. The summed E-state index contributed by atoms with van der Waals surface area (Å²) in [4.78, 5) is 2.29. The molecule has 2 N–H and O–H groups in total. The van der Waals surface area contributed by atoms with Gasteiger partial charge in [-0.15, -0.1) is 0 Å². The first kappa shape index (κ1) is 7.53. The quantitative estimate of drug-likeness (QED) is 0.543. The molecule has 1 aliphatic carbocycles. The normalized spacial score (nSPS) is 40.9. The lowest BCUT2D eigenvalue weighted by atomic mass is 10.1. The summed E-state index contributed by atoms with van der Waals surface area (Å²) < 4.78 is 0. The summed E-state index contributed by atoms with van der Waals surface area (Å²) in [6.07, 6.45) is 2.52. The van der Waals surface area contributed by atoms with Crippen LogP contribution in [-0.4, -0.2) is 46.5 Å². The molecule has 11 heavy (non-hydrogen) atoms. The third-order valence-corrected chi connectivity index (χ3v) is 2.69. The molecule has 2 rings (SSSR count). The molecule has 0 spiro atoms. The molecule has 1 heterocycles. The van der Waals surface area contributed by atoms with Crippen LogP contribution < -0.4 is 0 Å². The molecule has 64 valence electrons. The van der Waals surface area contributed by atoms with Crippen molar-refractivity contribution in [2.75, 3.05) is 13.1 Å². The van der Waals surface area contributed by atoms with E-state index in [4.69, 9.17) is 5.11 Å². The van der Waals surface area contributed by atoms with Gasteiger partial charge in [-0.05, 0) is 19.3 Å². The first-order valence-electron chi connectivity index (χ1n) is 4.37. The van der Waals surface area contributed by atoms with Crippen molar-refractivity contribution in [3.8, 4) is 0 Å². The van der Waals surface area contributed by atoms with Crippen LogP contribution in [0.3, 0.4) is 0 Å². The number of hydrogen-bond donors (Lipinski definition) is 2. The van der Waals surface area contributed by atoms with Crippen molar-refractivity contribution in [3.63, 3.8) is 0 Å². The summed E-state index contributed by atoms with van der Waals surface area (Å²) in [5.41, 5.74) is 0. The molecule has 1 saturated carbocycles. The van der Waals surface area contributed by atoms with Crippen LogP contribution in [0.1, 0.15) is 19.3 Å². The molecular formula is C8H15NO2. The fraction of sp³-hybridized carbons (Fsp3) is 1.00. The number of likely N-dealkylation sites (tertiary alicyclic amines) is 1. The van der Waals surface area contributed by atoms with Gasteiger partial charge < -0.3 is 10.2 Å². The molecule has 2 aliphatic rings. The maximum Gasteiger partial charge on any atom is 0.0712 e. The first-order chi connectivity index (χ1) is 5.27. The highest BCUT2D eigenvalue weighted by Crippen LogP contribution is 2.29. The highest BCUT2D eigenvalue weighted by molar-refractivity contribution is 4.96. The summed E-state index contributed by atoms with van der Waals surface area (Å²) in [6, 6.07) is 0.419. The highest BCUT2D eigenvalue weighted by atomic mass is 16.3. The predicted molar refractivity (Wildman–Crippen MR) is 41.2 cm³/mol. The largest absolute Gasteiger partial charge is 0.393 e. The van der Waals surface area contributed by atoms with Gasteiger partial charge in [0, 0.05) is 19.1 Å². The van der Waals surface area contributed by atoms with Crippen molar-refractivity contribution in [2.24, 2.45) is 0 Å². The Labute approximate surface area is 66.6 Å². The van der Waals surface area contributed by atoms with Crippen LogP contribution in [0.4, 0.5) is 0 Å². The minimum atomic E-state index is -0.0952. The fourth-order valence-corrected chi connectivity index (χ4v) is 1.78. The Morgan fingerprint density at radius 3 is 2.09 bits per heavy atom. The van der Waals surface area contributed by atoms with Gasteiger partial charge in [0.25, 0.3) is 0 Å². The molecule has 2 unspecified atom stereocenters. The molecule has 1 aliphatic heterocycles. The summed E-state index contributed by atoms with van der Waals surface area (Å²) in [5.74, 6) is 0. The molecule has 0 aromatic carbocycles. The Hall–Kier alpha value is -0.120. The van der Waals surface area contributed by atoms with E-state index >= 15 is 0 Å². The molecule has 2 atom stereocenters. The third kappa shape index (κ3) is 1.55. The first-order valence-corrected chi connectivity index (χ1v) is 4.37. The van der Waals surface area contributed by atoms with E-state index in [1.165, 1.54) is 0 Å². The minimum absolute atomic E-state index is 0.0785. The molecule has 0 radical (unpaired) electrons. The van der Waals surface area contributed by atoms with Gasteiger partial charge in [0.1, 0.15) is 0 Å². The van der Waals surface area contributed by atoms with Gasteiger partial charge in [0.05, 0.1) is 12.2 Å². The Morgan fingerprint density at radius 2 is 1.64 bits per heavy atom. The van der Waals surface area contributed by atoms with Gasteiger partial charge in [-0.1, -0.05) is 0 Å². The zero-order valence-electron chi connectivity index (χ0n) is 6.61. The van der Waals surface area contributed by atoms with Gasteiger partial charge in [0.15, 0.2) is 0 Å². The number of aliphatic hydroxyl groups is 2. The van der Waals surface area contributed by atoms with Crippen LogP contribution in [0.5, 0.6) is 0 Å². The van der Waals surface area contributed by atoms with E-state index in [1.54, 1.807) is 0 Å². The van der Waals surface area contributed by atoms with Gasteiger partial charge >= 0.3 is 0 Å². The lowest BCUT2D eigenvalue weighted by Crippen LogP contribution is -2.38. The average Bonchev–Trinajstić information content (AvgIpc) is 2.69. The molecular weight excluding hydrogens is 142 g/mol. The Bertz CT molecular complexity index is 143. The van der Waals surface area contributed by atoms with Crippen molar-refractivity contribution in [1.29, 1.82) is 0 Å². The monoisotopic (exact) mass is 157 g/mol. The number of rotatable bonds is 1. The second-order valence-corrected chi connectivity index (χ2v) is 3.64. The molecule has 0 amide bonds. The standard InChI is InChI=1S/C8H15NO2/c10-6-1-3-9(4-2-6)7-5-8(7)11/h6-8,10-11H,1-5H2. The summed E-state index contributed by atoms with van der Waals surface area (Å²) in [7, 11) is 0. The summed E-state index contributed by atoms with van der Waals surface area (Å²) in [6.45, 7) is 1.92. The second-order valence-electron chi connectivity index (χ2n) is 3.64. The summed E-state index contributed by atoms with van der Waals surface area (Å²) >= 11 is 0. The van der Waals surface area contributed by atoms with E-state index in [0.717, 1.165) is 32.4 Å². The lowest BCUT2D eigenvalue weighted by molar-refractivity contribution is 0.0702. The van der Waals surface area contributed by atoms with E-state index in [9.17, 15) is 5.11 Å². The van der Waals surface area contributed by atoms with Crippen LogP contribution >= 0.6 is 0 Å². The second kappa shape index (κ2) is 2.73. The van der Waals surface area contributed by atoms with Crippen molar-refractivity contribution in [2.45, 2.75) is 37.5 Å². The smallest absolute Gasteiger partial charge is 0.0712 e. The topological polar surface area (TPSA) is 43.7 Å². The van der Waals surface area contributed by atoms with Gasteiger partial charge in [0.2, 0.25) is 0 Å². The van der Waals surface area contributed by atoms with E-state index < -0.39 is 0 Å². The number of hydrogen-bond acceptors (Lipinski definition) is 3. The number of aliphatic hydroxyl groups excluding tert-OH is 2. The van der Waals surface area contributed by atoms with E-state index in [1.807, 2.05) is 0 Å². The van der Waals surface area contributed by atoms with E-state index in [0.29, 0.717) is 6.04 Å². The van der Waals surface area contributed by atoms with Crippen molar-refractivity contribution in [3.05, 3.63) is 0 Å². The molecule has 1 saturated heterocycles. The van der Waals surface area contributed by atoms with Crippen LogP contribution in [0.2, 0.25) is 0 Å². The average molecular weight is 157 g/mol. The van der Waals surface area contributed by atoms with Crippen LogP contribution in [0, 0.1) is 0 Å². The molecule has 3 nitrogen and oxygen atoms in total. The minimum Gasteiger partial charge on any atom is -0.393 e. The zero-order valence-corrected chi connectivity index (χ0v) is 6.61.